The third-order valence-corrected chi connectivity index (χ3v) is 4.46. The SMILES string of the molecule is O=C1Nc2ccc(Br)cc2/C1=C(/Nc1ccnnc1)c1cccc(O)c1. The highest BCUT2D eigenvalue weighted by molar-refractivity contribution is 9.10. The number of nitrogens with zero attached hydrogens (tertiary/aromatic N) is 2. The van der Waals surface area contributed by atoms with E-state index in [9.17, 15) is 9.90 Å². The number of carbonyl (C=O) groups excluding carboxylic acids is 1. The molecule has 0 saturated carbocycles. The standard InChI is InChI=1S/C19H13BrN4O2/c20-12-4-5-16-15(9-12)17(19(26)24-16)18(11-2-1-3-14(25)8-11)23-13-6-7-21-22-10-13/h1-10,25H,(H,21,23)(H,24,26)/b18-17-. The Morgan fingerprint density at radius 3 is 2.77 bits per heavy atom. The molecular formula is C19H13BrN4O2. The zero-order valence-electron chi connectivity index (χ0n) is 13.4. The fraction of sp³-hybridized carbons (Fsp3) is 0. The van der Waals surface area contributed by atoms with E-state index in [1.165, 1.54) is 0 Å². The number of fused-ring (bicyclic) bond motifs is 1. The van der Waals surface area contributed by atoms with E-state index in [4.69, 9.17) is 0 Å². The highest BCUT2D eigenvalue weighted by Gasteiger charge is 2.28. The number of phenolic OH excluding ortho intramolecular Hbond substituents is 1. The second-order valence-corrected chi connectivity index (χ2v) is 6.62. The van der Waals surface area contributed by atoms with Gasteiger partial charge in [-0.25, -0.2) is 0 Å². The van der Waals surface area contributed by atoms with E-state index in [1.54, 1.807) is 36.7 Å². The van der Waals surface area contributed by atoms with Gasteiger partial charge in [0.05, 0.1) is 29.4 Å². The van der Waals surface area contributed by atoms with Gasteiger partial charge in [-0.3, -0.25) is 4.79 Å². The Bertz CT molecular complexity index is 1030. The van der Waals surface area contributed by atoms with E-state index in [0.717, 1.165) is 15.7 Å². The Hall–Kier alpha value is -3.19. The number of amides is 1. The summed E-state index contributed by atoms with van der Waals surface area (Å²) < 4.78 is 0.867. The number of aromatic nitrogens is 2. The minimum absolute atomic E-state index is 0.114. The molecule has 128 valence electrons. The van der Waals surface area contributed by atoms with Gasteiger partial charge in [0.15, 0.2) is 0 Å². The third-order valence-electron chi connectivity index (χ3n) is 3.96. The molecule has 1 amide bonds. The van der Waals surface area contributed by atoms with Gasteiger partial charge in [-0.05, 0) is 36.4 Å². The summed E-state index contributed by atoms with van der Waals surface area (Å²) in [4.78, 5) is 12.7. The summed E-state index contributed by atoms with van der Waals surface area (Å²) in [5, 5.41) is 23.6. The lowest BCUT2D eigenvalue weighted by Crippen LogP contribution is -2.10. The maximum absolute atomic E-state index is 12.7. The predicted molar refractivity (Wildman–Crippen MR) is 103 cm³/mol. The number of carbonyl (C=O) groups is 1. The molecule has 0 spiro atoms. The monoisotopic (exact) mass is 408 g/mol. The Balaban J connectivity index is 1.94. The van der Waals surface area contributed by atoms with Gasteiger partial charge in [0.1, 0.15) is 5.75 Å². The van der Waals surface area contributed by atoms with Gasteiger partial charge in [-0.2, -0.15) is 10.2 Å². The molecule has 0 radical (unpaired) electrons. The fourth-order valence-electron chi connectivity index (χ4n) is 2.84. The number of rotatable bonds is 3. The molecule has 7 heteroatoms. The van der Waals surface area contributed by atoms with Crippen LogP contribution in [0.1, 0.15) is 11.1 Å². The van der Waals surface area contributed by atoms with E-state index in [2.05, 4.69) is 36.8 Å². The highest BCUT2D eigenvalue weighted by atomic mass is 79.9. The number of hydrogen-bond donors (Lipinski definition) is 3. The van der Waals surface area contributed by atoms with Crippen molar-refractivity contribution in [2.24, 2.45) is 0 Å². The summed E-state index contributed by atoms with van der Waals surface area (Å²) in [6.07, 6.45) is 3.13. The van der Waals surface area contributed by atoms with Crippen molar-refractivity contribution < 1.29 is 9.90 Å². The van der Waals surface area contributed by atoms with E-state index >= 15 is 0 Å². The number of anilines is 2. The first-order valence-corrected chi connectivity index (χ1v) is 8.60. The van der Waals surface area contributed by atoms with Gasteiger partial charge in [0.25, 0.3) is 5.91 Å². The van der Waals surface area contributed by atoms with E-state index in [0.29, 0.717) is 22.5 Å². The Morgan fingerprint density at radius 1 is 1.12 bits per heavy atom. The largest absolute Gasteiger partial charge is 0.508 e. The lowest BCUT2D eigenvalue weighted by molar-refractivity contribution is -0.110. The molecule has 0 atom stereocenters. The number of hydrogen-bond acceptors (Lipinski definition) is 5. The van der Waals surface area contributed by atoms with Gasteiger partial charge in [-0.15, -0.1) is 0 Å². The van der Waals surface area contributed by atoms with Crippen molar-refractivity contribution in [3.63, 3.8) is 0 Å². The Labute approximate surface area is 157 Å². The van der Waals surface area contributed by atoms with Crippen LogP contribution in [0, 0.1) is 0 Å². The smallest absolute Gasteiger partial charge is 0.258 e. The van der Waals surface area contributed by atoms with Crippen LogP contribution in [0.5, 0.6) is 5.75 Å². The Morgan fingerprint density at radius 2 is 2.00 bits per heavy atom. The van der Waals surface area contributed by atoms with Crippen molar-refractivity contribution in [2.45, 2.75) is 0 Å². The maximum atomic E-state index is 12.7. The molecule has 6 nitrogen and oxygen atoms in total. The molecule has 3 aromatic rings. The summed E-state index contributed by atoms with van der Waals surface area (Å²) in [6, 6.07) is 14.1. The maximum Gasteiger partial charge on any atom is 0.258 e. The molecule has 0 saturated heterocycles. The first-order chi connectivity index (χ1) is 12.6. The zero-order valence-corrected chi connectivity index (χ0v) is 15.0. The van der Waals surface area contributed by atoms with Gasteiger partial charge >= 0.3 is 0 Å². The second-order valence-electron chi connectivity index (χ2n) is 5.70. The zero-order chi connectivity index (χ0) is 18.1. The minimum Gasteiger partial charge on any atom is -0.508 e. The van der Waals surface area contributed by atoms with E-state index in [1.807, 2.05) is 24.3 Å². The van der Waals surface area contributed by atoms with Crippen molar-refractivity contribution in [2.75, 3.05) is 10.6 Å². The summed E-state index contributed by atoms with van der Waals surface area (Å²) >= 11 is 3.46. The van der Waals surface area contributed by atoms with Crippen molar-refractivity contribution in [3.05, 3.63) is 76.5 Å². The summed E-state index contributed by atoms with van der Waals surface area (Å²) in [7, 11) is 0. The summed E-state index contributed by atoms with van der Waals surface area (Å²) in [6.45, 7) is 0. The molecule has 4 rings (SSSR count). The fourth-order valence-corrected chi connectivity index (χ4v) is 3.20. The number of phenols is 1. The number of aromatic hydroxyl groups is 1. The van der Waals surface area contributed by atoms with Crippen molar-refractivity contribution in [1.29, 1.82) is 0 Å². The third kappa shape index (κ3) is 3.04. The van der Waals surface area contributed by atoms with E-state index in [-0.39, 0.29) is 11.7 Å². The van der Waals surface area contributed by atoms with Gasteiger partial charge in [-0.1, -0.05) is 28.1 Å². The average molecular weight is 409 g/mol. The van der Waals surface area contributed by atoms with Gasteiger partial charge < -0.3 is 15.7 Å². The molecule has 2 aromatic carbocycles. The van der Waals surface area contributed by atoms with Crippen LogP contribution in [0.3, 0.4) is 0 Å². The molecule has 0 bridgehead atoms. The summed E-state index contributed by atoms with van der Waals surface area (Å²) in [5.41, 5.74) is 3.94. The number of benzene rings is 2. The van der Waals surface area contributed by atoms with Crippen LogP contribution in [0.25, 0.3) is 11.3 Å². The van der Waals surface area contributed by atoms with E-state index < -0.39 is 0 Å². The van der Waals surface area contributed by atoms with Crippen LogP contribution in [0.2, 0.25) is 0 Å². The van der Waals surface area contributed by atoms with Crippen LogP contribution in [-0.2, 0) is 4.79 Å². The highest BCUT2D eigenvalue weighted by Crippen LogP contribution is 2.39. The summed E-state index contributed by atoms with van der Waals surface area (Å²) in [5.74, 6) is -0.103. The average Bonchev–Trinajstić information content (AvgIpc) is 2.95. The topological polar surface area (TPSA) is 87.1 Å². The van der Waals surface area contributed by atoms with Crippen LogP contribution < -0.4 is 10.6 Å². The van der Waals surface area contributed by atoms with Crippen molar-refractivity contribution in [3.8, 4) is 5.75 Å². The first-order valence-electron chi connectivity index (χ1n) is 7.80. The molecule has 1 aliphatic heterocycles. The second kappa shape index (κ2) is 6.61. The molecule has 0 fully saturated rings. The molecule has 2 heterocycles. The van der Waals surface area contributed by atoms with Crippen LogP contribution >= 0.6 is 15.9 Å². The molecule has 3 N–H and O–H groups in total. The number of halogens is 1. The molecule has 0 aliphatic carbocycles. The Kier molecular flexibility index (Phi) is 4.14. The molecular weight excluding hydrogens is 396 g/mol. The lowest BCUT2D eigenvalue weighted by atomic mass is 10.00. The van der Waals surface area contributed by atoms with Crippen LogP contribution in [-0.4, -0.2) is 21.2 Å². The molecule has 1 aliphatic rings. The minimum atomic E-state index is -0.217. The van der Waals surface area contributed by atoms with Crippen LogP contribution in [0.15, 0.2) is 65.4 Å². The molecule has 0 unspecified atom stereocenters. The van der Waals surface area contributed by atoms with Gasteiger partial charge in [0, 0.05) is 21.3 Å². The lowest BCUT2D eigenvalue weighted by Gasteiger charge is -2.14. The van der Waals surface area contributed by atoms with Crippen LogP contribution in [0.4, 0.5) is 11.4 Å². The van der Waals surface area contributed by atoms with Crippen molar-refractivity contribution in [1.82, 2.24) is 10.2 Å². The van der Waals surface area contributed by atoms with Crippen molar-refractivity contribution >= 4 is 44.5 Å². The normalized spacial score (nSPS) is 14.6. The molecule has 1 aromatic heterocycles. The van der Waals surface area contributed by atoms with Gasteiger partial charge in [0.2, 0.25) is 0 Å². The number of nitrogens with one attached hydrogen (secondary N) is 2. The first kappa shape index (κ1) is 16.3. The quantitative estimate of drug-likeness (QED) is 0.572. The molecule has 26 heavy (non-hydrogen) atoms. The predicted octanol–water partition coefficient (Wildman–Crippen LogP) is 3.88.